The number of halogens is 2. The van der Waals surface area contributed by atoms with E-state index in [1.54, 1.807) is 14.2 Å². The van der Waals surface area contributed by atoms with Gasteiger partial charge in [-0.15, -0.1) is 17.5 Å². The minimum absolute atomic E-state index is 0. The van der Waals surface area contributed by atoms with Crippen LogP contribution in [0.3, 0.4) is 0 Å². The Balaban J connectivity index is 0.00000342. The van der Waals surface area contributed by atoms with E-state index in [1.165, 1.54) is 24.0 Å². The fourth-order valence-electron chi connectivity index (χ4n) is 4.51. The van der Waals surface area contributed by atoms with E-state index < -0.39 is 0 Å². The zero-order chi connectivity index (χ0) is 24.2. The molecule has 2 aromatic carbocycles. The molecule has 8 heteroatoms. The van der Waals surface area contributed by atoms with E-state index in [4.69, 9.17) is 31.2 Å². The molecular formula is C27H36Cl2N4O2. The van der Waals surface area contributed by atoms with Crippen molar-refractivity contribution in [3.8, 4) is 11.4 Å². The lowest BCUT2D eigenvalue weighted by atomic mass is 9.98. The summed E-state index contributed by atoms with van der Waals surface area (Å²) >= 11 is 6.62. The maximum atomic E-state index is 6.62. The molecule has 4 rings (SSSR count). The minimum atomic E-state index is 0. The molecule has 1 atom stereocenters. The Labute approximate surface area is 220 Å². The largest absolute Gasteiger partial charge is 0.496 e. The standard InChI is InChI=1S/C27H35ClN4O2.ClH/c1-6-13-31(24(15-20-7-8-20)22-11-9-21(10-12-22)17-33-4)27-29-19(3)32(30-27)25-14-18(2)26(34-5)16-23(25)28;/h9-12,14,16,20,24H,6-8,13,15,17H2,1-5H3;1H/t24-;/m0./s1. The molecule has 1 saturated carbocycles. The molecule has 0 radical (unpaired) electrons. The summed E-state index contributed by atoms with van der Waals surface area (Å²) < 4.78 is 12.6. The molecule has 0 unspecified atom stereocenters. The van der Waals surface area contributed by atoms with Crippen LogP contribution < -0.4 is 9.64 Å². The van der Waals surface area contributed by atoms with E-state index in [2.05, 4.69) is 36.1 Å². The summed E-state index contributed by atoms with van der Waals surface area (Å²) in [6.45, 7) is 7.70. The van der Waals surface area contributed by atoms with Gasteiger partial charge < -0.3 is 14.4 Å². The van der Waals surface area contributed by atoms with Crippen LogP contribution in [0.15, 0.2) is 36.4 Å². The molecule has 1 aliphatic rings. The predicted molar refractivity (Wildman–Crippen MR) is 145 cm³/mol. The summed E-state index contributed by atoms with van der Waals surface area (Å²) in [6.07, 6.45) is 4.73. The van der Waals surface area contributed by atoms with Crippen molar-refractivity contribution in [2.24, 2.45) is 5.92 Å². The molecule has 35 heavy (non-hydrogen) atoms. The van der Waals surface area contributed by atoms with Crippen LogP contribution >= 0.6 is 24.0 Å². The third kappa shape index (κ3) is 6.29. The SMILES string of the molecule is CCCN(c1nc(C)n(-c2cc(C)c(OC)cc2Cl)n1)[C@@H](CC1CC1)c1ccc(COC)cc1.Cl. The molecule has 1 fully saturated rings. The number of rotatable bonds is 11. The first-order valence-corrected chi connectivity index (χ1v) is 12.5. The summed E-state index contributed by atoms with van der Waals surface area (Å²) in [5, 5.41) is 5.55. The molecule has 0 aliphatic heterocycles. The summed E-state index contributed by atoms with van der Waals surface area (Å²) in [6, 6.07) is 12.9. The van der Waals surface area contributed by atoms with E-state index in [9.17, 15) is 0 Å². The lowest BCUT2D eigenvalue weighted by Crippen LogP contribution is -2.31. The van der Waals surface area contributed by atoms with E-state index >= 15 is 0 Å². The van der Waals surface area contributed by atoms with Crippen molar-refractivity contribution >= 4 is 30.0 Å². The quantitative estimate of drug-likeness (QED) is 0.277. The highest BCUT2D eigenvalue weighted by Gasteiger charge is 2.31. The lowest BCUT2D eigenvalue weighted by Gasteiger charge is -2.31. The Morgan fingerprint density at radius 1 is 1.14 bits per heavy atom. The van der Waals surface area contributed by atoms with Crippen LogP contribution in [0.5, 0.6) is 5.75 Å². The van der Waals surface area contributed by atoms with Crippen LogP contribution in [-0.4, -0.2) is 35.5 Å². The molecule has 0 saturated heterocycles. The van der Waals surface area contributed by atoms with Crippen molar-refractivity contribution in [3.05, 3.63) is 63.9 Å². The van der Waals surface area contributed by atoms with E-state index in [1.807, 2.05) is 30.7 Å². The van der Waals surface area contributed by atoms with Gasteiger partial charge in [0.2, 0.25) is 5.95 Å². The first-order chi connectivity index (χ1) is 16.4. The Kier molecular flexibility index (Phi) is 9.45. The van der Waals surface area contributed by atoms with Gasteiger partial charge in [-0.3, -0.25) is 0 Å². The number of benzene rings is 2. The minimum Gasteiger partial charge on any atom is -0.496 e. The van der Waals surface area contributed by atoms with Crippen molar-refractivity contribution in [3.63, 3.8) is 0 Å². The van der Waals surface area contributed by atoms with Gasteiger partial charge in [-0.1, -0.05) is 55.6 Å². The topological polar surface area (TPSA) is 52.4 Å². The Hall–Kier alpha value is -2.28. The monoisotopic (exact) mass is 518 g/mol. The Morgan fingerprint density at radius 2 is 1.86 bits per heavy atom. The smallest absolute Gasteiger partial charge is 0.245 e. The Morgan fingerprint density at radius 3 is 2.46 bits per heavy atom. The lowest BCUT2D eigenvalue weighted by molar-refractivity contribution is 0.185. The van der Waals surface area contributed by atoms with Crippen LogP contribution in [-0.2, 0) is 11.3 Å². The Bertz CT molecular complexity index is 1110. The maximum absolute atomic E-state index is 6.62. The van der Waals surface area contributed by atoms with Gasteiger partial charge in [0.25, 0.3) is 0 Å². The van der Waals surface area contributed by atoms with Gasteiger partial charge in [-0.2, -0.15) is 4.98 Å². The molecular weight excluding hydrogens is 483 g/mol. The molecule has 1 aromatic heterocycles. The van der Waals surface area contributed by atoms with Crippen LogP contribution in [0.25, 0.3) is 5.69 Å². The zero-order valence-electron chi connectivity index (χ0n) is 21.3. The number of hydrogen-bond acceptors (Lipinski definition) is 5. The zero-order valence-corrected chi connectivity index (χ0v) is 22.8. The third-order valence-electron chi connectivity index (χ3n) is 6.48. The second-order valence-corrected chi connectivity index (χ2v) is 9.61. The second-order valence-electron chi connectivity index (χ2n) is 9.21. The van der Waals surface area contributed by atoms with Crippen molar-refractivity contribution in [1.82, 2.24) is 14.8 Å². The summed E-state index contributed by atoms with van der Waals surface area (Å²) in [5.74, 6) is 3.09. The first-order valence-electron chi connectivity index (χ1n) is 12.1. The average Bonchev–Trinajstić information content (AvgIpc) is 3.57. The average molecular weight is 520 g/mol. The molecule has 0 N–H and O–H groups in total. The number of hydrogen-bond donors (Lipinski definition) is 0. The number of aromatic nitrogens is 3. The number of aryl methyl sites for hydroxylation is 2. The molecule has 190 valence electrons. The van der Waals surface area contributed by atoms with Gasteiger partial charge in [0, 0.05) is 19.7 Å². The van der Waals surface area contributed by atoms with Gasteiger partial charge in [0.15, 0.2) is 0 Å². The van der Waals surface area contributed by atoms with Gasteiger partial charge in [0.05, 0.1) is 30.5 Å². The normalized spacial score (nSPS) is 13.9. The predicted octanol–water partition coefficient (Wildman–Crippen LogP) is 6.87. The van der Waals surface area contributed by atoms with Gasteiger partial charge in [-0.25, -0.2) is 4.68 Å². The number of methoxy groups -OCH3 is 2. The first kappa shape index (κ1) is 27.3. The molecule has 0 bridgehead atoms. The highest BCUT2D eigenvalue weighted by atomic mass is 35.5. The third-order valence-corrected chi connectivity index (χ3v) is 6.78. The fourth-order valence-corrected chi connectivity index (χ4v) is 4.74. The van der Waals surface area contributed by atoms with Crippen LogP contribution in [0.2, 0.25) is 5.02 Å². The van der Waals surface area contributed by atoms with Crippen molar-refractivity contribution in [2.45, 2.75) is 59.1 Å². The van der Waals surface area contributed by atoms with E-state index in [0.29, 0.717) is 11.6 Å². The second kappa shape index (κ2) is 12.1. The fraction of sp³-hybridized carbons (Fsp3) is 0.481. The van der Waals surface area contributed by atoms with Crippen molar-refractivity contribution in [2.75, 3.05) is 25.7 Å². The summed E-state index contributed by atoms with van der Waals surface area (Å²) in [7, 11) is 3.38. The van der Waals surface area contributed by atoms with Gasteiger partial charge in [-0.05, 0) is 55.4 Å². The summed E-state index contributed by atoms with van der Waals surface area (Å²) in [5.41, 5.74) is 4.30. The molecule has 6 nitrogen and oxygen atoms in total. The molecule has 3 aromatic rings. The van der Waals surface area contributed by atoms with Gasteiger partial charge >= 0.3 is 0 Å². The number of anilines is 1. The van der Waals surface area contributed by atoms with E-state index in [-0.39, 0.29) is 18.4 Å². The molecule has 0 amide bonds. The van der Waals surface area contributed by atoms with Crippen molar-refractivity contribution < 1.29 is 9.47 Å². The van der Waals surface area contributed by atoms with Crippen LogP contribution in [0, 0.1) is 19.8 Å². The highest BCUT2D eigenvalue weighted by molar-refractivity contribution is 6.32. The van der Waals surface area contributed by atoms with Crippen LogP contribution in [0.1, 0.15) is 61.2 Å². The van der Waals surface area contributed by atoms with Crippen LogP contribution in [0.4, 0.5) is 5.95 Å². The summed E-state index contributed by atoms with van der Waals surface area (Å²) in [4.78, 5) is 7.28. The molecule has 0 spiro atoms. The molecule has 1 heterocycles. The highest BCUT2D eigenvalue weighted by Crippen LogP contribution is 2.41. The van der Waals surface area contributed by atoms with Gasteiger partial charge in [0.1, 0.15) is 11.6 Å². The van der Waals surface area contributed by atoms with E-state index in [0.717, 1.165) is 54.1 Å². The number of nitrogens with zero attached hydrogens (tertiary/aromatic N) is 4. The van der Waals surface area contributed by atoms with Crippen molar-refractivity contribution in [1.29, 1.82) is 0 Å². The molecule has 1 aliphatic carbocycles. The number of ether oxygens (including phenoxy) is 2. The maximum Gasteiger partial charge on any atom is 0.245 e.